The van der Waals surface area contributed by atoms with Gasteiger partial charge in [0.2, 0.25) is 0 Å². The molecule has 0 amide bonds. The minimum Gasteiger partial charge on any atom is -0.481 e. The molecule has 1 N–H and O–H groups in total. The number of carbonyl (C=O) groups is 2. The molecule has 0 saturated carbocycles. The first kappa shape index (κ1) is 16.4. The highest BCUT2D eigenvalue weighted by Crippen LogP contribution is 2.16. The van der Waals surface area contributed by atoms with Gasteiger partial charge in [0.15, 0.2) is 5.78 Å². The molecule has 0 atom stereocenters. The van der Waals surface area contributed by atoms with Crippen molar-refractivity contribution in [3.05, 3.63) is 35.4 Å². The van der Waals surface area contributed by atoms with E-state index in [1.54, 1.807) is 0 Å². The van der Waals surface area contributed by atoms with Crippen LogP contribution >= 0.6 is 0 Å². The fourth-order valence-electron chi connectivity index (χ4n) is 2.11. The smallest absolute Gasteiger partial charge is 0.303 e. The van der Waals surface area contributed by atoms with Gasteiger partial charge in [0.1, 0.15) is 0 Å². The quantitative estimate of drug-likeness (QED) is 0.536. The maximum absolute atomic E-state index is 12.0. The highest BCUT2D eigenvalue weighted by molar-refractivity contribution is 5.96. The normalized spacial score (nSPS) is 10.8. The highest BCUT2D eigenvalue weighted by Gasteiger charge is 2.06. The van der Waals surface area contributed by atoms with Crippen molar-refractivity contribution in [2.75, 3.05) is 0 Å². The first-order valence-corrected chi connectivity index (χ1v) is 7.35. The van der Waals surface area contributed by atoms with E-state index in [9.17, 15) is 9.59 Å². The minimum absolute atomic E-state index is 0.179. The lowest BCUT2D eigenvalue weighted by molar-refractivity contribution is -0.137. The van der Waals surface area contributed by atoms with Gasteiger partial charge >= 0.3 is 5.97 Å². The molecule has 1 aromatic carbocycles. The summed E-state index contributed by atoms with van der Waals surface area (Å²) in [6, 6.07) is 7.85. The fourth-order valence-corrected chi connectivity index (χ4v) is 2.11. The lowest BCUT2D eigenvalue weighted by atomic mass is 9.98. The van der Waals surface area contributed by atoms with Crippen LogP contribution in [0.4, 0.5) is 0 Å². The van der Waals surface area contributed by atoms with Gasteiger partial charge in [-0.3, -0.25) is 9.59 Å². The first-order chi connectivity index (χ1) is 9.50. The van der Waals surface area contributed by atoms with E-state index in [4.69, 9.17) is 5.11 Å². The predicted molar refractivity (Wildman–Crippen MR) is 80.2 cm³/mol. The van der Waals surface area contributed by atoms with Gasteiger partial charge in [-0.15, -0.1) is 0 Å². The number of Topliss-reactive ketones (excluding diaryl/α,β-unsaturated/α-hetero) is 1. The molecule has 0 aromatic heterocycles. The number of carboxylic acids is 1. The van der Waals surface area contributed by atoms with Gasteiger partial charge in [-0.05, 0) is 24.3 Å². The van der Waals surface area contributed by atoms with Crippen molar-refractivity contribution in [2.45, 2.75) is 58.3 Å². The van der Waals surface area contributed by atoms with Gasteiger partial charge in [0.25, 0.3) is 0 Å². The van der Waals surface area contributed by atoms with Gasteiger partial charge < -0.3 is 5.11 Å². The van der Waals surface area contributed by atoms with Crippen molar-refractivity contribution in [3.63, 3.8) is 0 Å². The summed E-state index contributed by atoms with van der Waals surface area (Å²) in [7, 11) is 0. The lowest BCUT2D eigenvalue weighted by Crippen LogP contribution is -2.00. The average molecular weight is 276 g/mol. The average Bonchev–Trinajstić information content (AvgIpc) is 2.42. The molecule has 0 unspecified atom stereocenters. The van der Waals surface area contributed by atoms with E-state index >= 15 is 0 Å². The summed E-state index contributed by atoms with van der Waals surface area (Å²) in [5.41, 5.74) is 2.02. The van der Waals surface area contributed by atoms with Crippen molar-refractivity contribution in [1.29, 1.82) is 0 Å². The standard InChI is InChI=1S/C17H24O3/c1-13(2)14-9-11-15(12-10-14)16(18)7-5-3-4-6-8-17(19)20/h9-13H,3-8H2,1-2H3,(H,19,20). The second-order valence-corrected chi connectivity index (χ2v) is 5.51. The van der Waals surface area contributed by atoms with Crippen LogP contribution in [0.25, 0.3) is 0 Å². The molecule has 0 bridgehead atoms. The number of carboxylic acid groups (broad SMARTS) is 1. The Morgan fingerprint density at radius 3 is 2.00 bits per heavy atom. The third-order valence-corrected chi connectivity index (χ3v) is 3.44. The Balaban J connectivity index is 2.27. The Morgan fingerprint density at radius 2 is 1.50 bits per heavy atom. The summed E-state index contributed by atoms with van der Waals surface area (Å²) in [6.07, 6.45) is 4.12. The summed E-state index contributed by atoms with van der Waals surface area (Å²) >= 11 is 0. The Bertz CT molecular complexity index is 432. The number of carbonyl (C=O) groups excluding carboxylic acids is 1. The zero-order valence-corrected chi connectivity index (χ0v) is 12.4. The Morgan fingerprint density at radius 1 is 0.950 bits per heavy atom. The number of ketones is 1. The highest BCUT2D eigenvalue weighted by atomic mass is 16.4. The van der Waals surface area contributed by atoms with Crippen molar-refractivity contribution >= 4 is 11.8 Å². The van der Waals surface area contributed by atoms with Crippen LogP contribution in [0.2, 0.25) is 0 Å². The number of benzene rings is 1. The third-order valence-electron chi connectivity index (χ3n) is 3.44. The topological polar surface area (TPSA) is 54.4 Å². The van der Waals surface area contributed by atoms with Crippen molar-refractivity contribution in [3.8, 4) is 0 Å². The van der Waals surface area contributed by atoms with Crippen LogP contribution in [0.1, 0.15) is 74.2 Å². The molecule has 0 radical (unpaired) electrons. The second-order valence-electron chi connectivity index (χ2n) is 5.51. The maximum atomic E-state index is 12.0. The van der Waals surface area contributed by atoms with Crippen LogP contribution in [0.3, 0.4) is 0 Å². The fraction of sp³-hybridized carbons (Fsp3) is 0.529. The van der Waals surface area contributed by atoms with E-state index in [1.165, 1.54) is 5.56 Å². The largest absolute Gasteiger partial charge is 0.481 e. The van der Waals surface area contributed by atoms with Gasteiger partial charge in [0.05, 0.1) is 0 Å². The third kappa shape index (κ3) is 6.00. The van der Waals surface area contributed by atoms with Crippen molar-refractivity contribution in [1.82, 2.24) is 0 Å². The van der Waals surface area contributed by atoms with Crippen LogP contribution < -0.4 is 0 Å². The molecule has 0 heterocycles. The number of unbranched alkanes of at least 4 members (excludes halogenated alkanes) is 3. The van der Waals surface area contributed by atoms with Crippen LogP contribution in [-0.2, 0) is 4.79 Å². The zero-order chi connectivity index (χ0) is 15.0. The van der Waals surface area contributed by atoms with Gasteiger partial charge in [-0.1, -0.05) is 51.0 Å². The lowest BCUT2D eigenvalue weighted by Gasteiger charge is -2.06. The van der Waals surface area contributed by atoms with Crippen LogP contribution in [-0.4, -0.2) is 16.9 Å². The zero-order valence-electron chi connectivity index (χ0n) is 12.4. The summed E-state index contributed by atoms with van der Waals surface area (Å²) in [4.78, 5) is 22.3. The Labute approximate surface area is 121 Å². The van der Waals surface area contributed by atoms with Crippen molar-refractivity contribution in [2.24, 2.45) is 0 Å². The minimum atomic E-state index is -0.744. The molecule has 0 aliphatic carbocycles. The number of hydrogen-bond acceptors (Lipinski definition) is 2. The van der Waals surface area contributed by atoms with E-state index in [0.717, 1.165) is 24.8 Å². The second kappa shape index (κ2) is 8.51. The predicted octanol–water partition coefficient (Wildman–Crippen LogP) is 4.42. The summed E-state index contributed by atoms with van der Waals surface area (Å²) in [6.45, 7) is 4.27. The van der Waals surface area contributed by atoms with Crippen LogP contribution in [0, 0.1) is 0 Å². The molecule has 0 aliphatic rings. The first-order valence-electron chi connectivity index (χ1n) is 7.35. The molecular weight excluding hydrogens is 252 g/mol. The van der Waals surface area contributed by atoms with Crippen LogP contribution in [0.15, 0.2) is 24.3 Å². The molecule has 110 valence electrons. The molecule has 1 aromatic rings. The van der Waals surface area contributed by atoms with E-state index in [1.807, 2.05) is 24.3 Å². The summed E-state index contributed by atoms with van der Waals surface area (Å²) in [5.74, 6) is -0.0850. The number of aliphatic carboxylic acids is 1. The molecule has 0 aliphatic heterocycles. The molecule has 1 rings (SSSR count). The Hall–Kier alpha value is -1.64. The molecule has 3 nitrogen and oxygen atoms in total. The SMILES string of the molecule is CC(C)c1ccc(C(=O)CCCCCCC(=O)O)cc1. The molecule has 0 fully saturated rings. The monoisotopic (exact) mass is 276 g/mol. The van der Waals surface area contributed by atoms with Gasteiger partial charge in [-0.2, -0.15) is 0 Å². The maximum Gasteiger partial charge on any atom is 0.303 e. The van der Waals surface area contributed by atoms with E-state index < -0.39 is 5.97 Å². The van der Waals surface area contributed by atoms with Gasteiger partial charge in [0, 0.05) is 18.4 Å². The molecule has 20 heavy (non-hydrogen) atoms. The summed E-state index contributed by atoms with van der Waals surface area (Å²) < 4.78 is 0. The van der Waals surface area contributed by atoms with E-state index in [0.29, 0.717) is 18.8 Å². The molecule has 3 heteroatoms. The van der Waals surface area contributed by atoms with Crippen LogP contribution in [0.5, 0.6) is 0 Å². The molecule has 0 spiro atoms. The number of hydrogen-bond donors (Lipinski definition) is 1. The summed E-state index contributed by atoms with van der Waals surface area (Å²) in [5, 5.41) is 8.51. The Kier molecular flexibility index (Phi) is 6.99. The number of rotatable bonds is 9. The van der Waals surface area contributed by atoms with E-state index in [-0.39, 0.29) is 12.2 Å². The van der Waals surface area contributed by atoms with E-state index in [2.05, 4.69) is 13.8 Å². The molecule has 0 saturated heterocycles. The van der Waals surface area contributed by atoms with Crippen molar-refractivity contribution < 1.29 is 14.7 Å². The molecular formula is C17H24O3. The van der Waals surface area contributed by atoms with Gasteiger partial charge in [-0.25, -0.2) is 0 Å².